The highest BCUT2D eigenvalue weighted by Gasteiger charge is 2.34. The van der Waals surface area contributed by atoms with Crippen molar-refractivity contribution >= 4 is 0 Å². The van der Waals surface area contributed by atoms with Gasteiger partial charge in [-0.2, -0.15) is 0 Å². The number of aliphatic hydroxyl groups is 1. The molecule has 0 saturated carbocycles. The maximum Gasteiger partial charge on any atom is 0.105 e. The van der Waals surface area contributed by atoms with Crippen LogP contribution in [0.3, 0.4) is 0 Å². The second kappa shape index (κ2) is 4.42. The second-order valence-electron chi connectivity index (χ2n) is 7.46. The van der Waals surface area contributed by atoms with Gasteiger partial charge in [0.2, 0.25) is 0 Å². The summed E-state index contributed by atoms with van der Waals surface area (Å²) in [7, 11) is 4.37. The highest BCUT2D eigenvalue weighted by molar-refractivity contribution is 4.70. The lowest BCUT2D eigenvalue weighted by Gasteiger charge is -2.44. The van der Waals surface area contributed by atoms with Gasteiger partial charge in [-0.15, -0.1) is 0 Å². The monoisotopic (exact) mass is 216 g/mol. The van der Waals surface area contributed by atoms with Crippen molar-refractivity contribution in [3.8, 4) is 0 Å². The zero-order valence-electron chi connectivity index (χ0n) is 11.9. The summed E-state index contributed by atoms with van der Waals surface area (Å²) < 4.78 is 0.851. The van der Waals surface area contributed by atoms with Crippen molar-refractivity contribution in [2.24, 2.45) is 5.41 Å². The Morgan fingerprint density at radius 3 is 1.67 bits per heavy atom. The van der Waals surface area contributed by atoms with Crippen LogP contribution in [0.4, 0.5) is 0 Å². The second-order valence-corrected chi connectivity index (χ2v) is 7.46. The van der Waals surface area contributed by atoms with E-state index in [1.54, 1.807) is 0 Å². The Labute approximate surface area is 95.9 Å². The lowest BCUT2D eigenvalue weighted by Crippen LogP contribution is -2.57. The molecule has 1 N–H and O–H groups in total. The third kappa shape index (κ3) is 5.53. The SMILES string of the molecule is CC(C)(C)CC(O)C[N+](C)(C)C(C)(C)C. The highest BCUT2D eigenvalue weighted by atomic mass is 16.3. The summed E-state index contributed by atoms with van der Waals surface area (Å²) in [5.74, 6) is 0. The van der Waals surface area contributed by atoms with E-state index < -0.39 is 0 Å². The minimum Gasteiger partial charge on any atom is -0.387 e. The van der Waals surface area contributed by atoms with E-state index in [1.807, 2.05) is 0 Å². The zero-order chi connectivity index (χ0) is 12.5. The van der Waals surface area contributed by atoms with Gasteiger partial charge in [-0.1, -0.05) is 20.8 Å². The molecule has 92 valence electrons. The Bertz CT molecular complexity index is 196. The summed E-state index contributed by atoms with van der Waals surface area (Å²) in [6, 6.07) is 0. The van der Waals surface area contributed by atoms with Crippen LogP contribution in [0.5, 0.6) is 0 Å². The van der Waals surface area contributed by atoms with Crippen molar-refractivity contribution < 1.29 is 9.59 Å². The summed E-state index contributed by atoms with van der Waals surface area (Å²) in [4.78, 5) is 0. The number of aliphatic hydroxyl groups excluding tert-OH is 1. The first kappa shape index (κ1) is 14.9. The zero-order valence-corrected chi connectivity index (χ0v) is 11.9. The molecule has 0 spiro atoms. The fraction of sp³-hybridized carbons (Fsp3) is 1.00. The molecule has 0 heterocycles. The number of hydrogen-bond donors (Lipinski definition) is 1. The van der Waals surface area contributed by atoms with Crippen LogP contribution >= 0.6 is 0 Å². The summed E-state index contributed by atoms with van der Waals surface area (Å²) in [5.41, 5.74) is 0.385. The van der Waals surface area contributed by atoms with Crippen molar-refractivity contribution in [2.75, 3.05) is 20.6 Å². The van der Waals surface area contributed by atoms with Gasteiger partial charge < -0.3 is 9.59 Å². The quantitative estimate of drug-likeness (QED) is 0.719. The van der Waals surface area contributed by atoms with E-state index in [0.717, 1.165) is 17.4 Å². The van der Waals surface area contributed by atoms with Gasteiger partial charge in [0.1, 0.15) is 12.6 Å². The largest absolute Gasteiger partial charge is 0.387 e. The standard InChI is InChI=1S/C13H30NO/c1-12(2,3)9-11(15)10-14(7,8)13(4,5)6/h11,15H,9-10H2,1-8H3/q+1. The first-order chi connectivity index (χ1) is 6.35. The van der Waals surface area contributed by atoms with Gasteiger partial charge in [-0.3, -0.25) is 0 Å². The van der Waals surface area contributed by atoms with Crippen LogP contribution in [0.2, 0.25) is 0 Å². The van der Waals surface area contributed by atoms with Crippen LogP contribution in [0, 0.1) is 5.41 Å². The lowest BCUT2D eigenvalue weighted by molar-refractivity contribution is -0.938. The molecule has 1 unspecified atom stereocenters. The van der Waals surface area contributed by atoms with E-state index in [0.29, 0.717) is 0 Å². The molecule has 0 aliphatic rings. The van der Waals surface area contributed by atoms with Gasteiger partial charge in [0, 0.05) is 0 Å². The maximum absolute atomic E-state index is 10.1. The van der Waals surface area contributed by atoms with Crippen LogP contribution in [-0.4, -0.2) is 41.9 Å². The third-order valence-corrected chi connectivity index (χ3v) is 3.33. The molecule has 0 amide bonds. The van der Waals surface area contributed by atoms with Crippen molar-refractivity contribution in [3.05, 3.63) is 0 Å². The molecule has 0 aromatic rings. The predicted octanol–water partition coefficient (Wildman–Crippen LogP) is 2.66. The van der Waals surface area contributed by atoms with Crippen molar-refractivity contribution in [1.82, 2.24) is 0 Å². The van der Waals surface area contributed by atoms with Crippen LogP contribution in [0.1, 0.15) is 48.0 Å². The predicted molar refractivity (Wildman–Crippen MR) is 66.8 cm³/mol. The number of hydrogen-bond acceptors (Lipinski definition) is 1. The molecule has 0 saturated heterocycles. The molecule has 0 bridgehead atoms. The molecule has 0 radical (unpaired) electrons. The van der Waals surface area contributed by atoms with E-state index >= 15 is 0 Å². The van der Waals surface area contributed by atoms with Gasteiger partial charge in [-0.05, 0) is 32.6 Å². The smallest absolute Gasteiger partial charge is 0.105 e. The summed E-state index contributed by atoms with van der Waals surface area (Å²) in [5, 5.41) is 10.1. The van der Waals surface area contributed by atoms with E-state index in [1.165, 1.54) is 0 Å². The number of rotatable bonds is 3. The van der Waals surface area contributed by atoms with Gasteiger partial charge in [0.15, 0.2) is 0 Å². The molecule has 0 aromatic heterocycles. The van der Waals surface area contributed by atoms with Gasteiger partial charge in [-0.25, -0.2) is 0 Å². The van der Waals surface area contributed by atoms with E-state index in [4.69, 9.17) is 0 Å². The first-order valence-electron chi connectivity index (χ1n) is 5.86. The molecular formula is C13H30NO+. The molecule has 15 heavy (non-hydrogen) atoms. The van der Waals surface area contributed by atoms with Crippen molar-refractivity contribution in [1.29, 1.82) is 0 Å². The highest BCUT2D eigenvalue weighted by Crippen LogP contribution is 2.25. The molecule has 0 aromatic carbocycles. The van der Waals surface area contributed by atoms with Gasteiger partial charge in [0.25, 0.3) is 0 Å². The summed E-state index contributed by atoms with van der Waals surface area (Å²) in [6.45, 7) is 14.0. The van der Waals surface area contributed by atoms with Gasteiger partial charge in [0.05, 0.1) is 19.6 Å². The topological polar surface area (TPSA) is 20.2 Å². The molecule has 0 rings (SSSR count). The molecule has 0 fully saturated rings. The molecule has 2 heteroatoms. The Morgan fingerprint density at radius 1 is 1.00 bits per heavy atom. The van der Waals surface area contributed by atoms with Crippen LogP contribution in [-0.2, 0) is 0 Å². The Balaban J connectivity index is 4.36. The minimum atomic E-state index is -0.209. The van der Waals surface area contributed by atoms with Crippen LogP contribution in [0.15, 0.2) is 0 Å². The molecule has 0 aliphatic carbocycles. The maximum atomic E-state index is 10.1. The first-order valence-corrected chi connectivity index (χ1v) is 5.86. The van der Waals surface area contributed by atoms with Crippen LogP contribution < -0.4 is 0 Å². The Morgan fingerprint density at radius 2 is 1.40 bits per heavy atom. The molecule has 2 nitrogen and oxygen atoms in total. The van der Waals surface area contributed by atoms with Gasteiger partial charge >= 0.3 is 0 Å². The Kier molecular flexibility index (Phi) is 4.40. The average molecular weight is 216 g/mol. The minimum absolute atomic E-state index is 0.179. The number of likely N-dealkylation sites (N-methyl/N-ethyl adjacent to an activating group) is 1. The van der Waals surface area contributed by atoms with Crippen LogP contribution in [0.25, 0.3) is 0 Å². The fourth-order valence-electron chi connectivity index (χ4n) is 1.57. The lowest BCUT2D eigenvalue weighted by atomic mass is 9.88. The number of nitrogens with zero attached hydrogens (tertiary/aromatic N) is 1. The number of quaternary nitrogens is 1. The molecule has 0 aliphatic heterocycles. The normalized spacial score (nSPS) is 16.6. The van der Waals surface area contributed by atoms with E-state index in [-0.39, 0.29) is 17.1 Å². The van der Waals surface area contributed by atoms with E-state index in [2.05, 4.69) is 55.6 Å². The Hall–Kier alpha value is -0.0800. The third-order valence-electron chi connectivity index (χ3n) is 3.33. The van der Waals surface area contributed by atoms with Crippen molar-refractivity contribution in [3.63, 3.8) is 0 Å². The summed E-state index contributed by atoms with van der Waals surface area (Å²) in [6.07, 6.45) is 0.657. The van der Waals surface area contributed by atoms with E-state index in [9.17, 15) is 5.11 Å². The van der Waals surface area contributed by atoms with Crippen molar-refractivity contribution in [2.45, 2.75) is 59.6 Å². The fourth-order valence-corrected chi connectivity index (χ4v) is 1.57. The summed E-state index contributed by atoms with van der Waals surface area (Å²) >= 11 is 0. The molecular weight excluding hydrogens is 186 g/mol. The average Bonchev–Trinajstić information content (AvgIpc) is 1.75. The molecule has 1 atom stereocenters.